The van der Waals surface area contributed by atoms with E-state index in [1.165, 1.54) is 11.1 Å². The van der Waals surface area contributed by atoms with E-state index in [0.29, 0.717) is 0 Å². The van der Waals surface area contributed by atoms with E-state index in [2.05, 4.69) is 79.4 Å². The van der Waals surface area contributed by atoms with Gasteiger partial charge in [0.25, 0.3) is 0 Å². The molecule has 0 aliphatic rings. The van der Waals surface area contributed by atoms with Gasteiger partial charge < -0.3 is 4.43 Å². The molecule has 0 amide bonds. The van der Waals surface area contributed by atoms with Crippen LogP contribution in [-0.4, -0.2) is 8.32 Å². The largest absolute Gasteiger partial charge is 0.544 e. The third kappa shape index (κ3) is 4.60. The Morgan fingerprint density at radius 1 is 0.905 bits per heavy atom. The van der Waals surface area contributed by atoms with Crippen molar-refractivity contribution in [2.75, 3.05) is 0 Å². The normalized spacial score (nSPS) is 13.4. The molecule has 0 heterocycles. The van der Waals surface area contributed by atoms with Crippen LogP contribution in [0.2, 0.25) is 19.6 Å². The summed E-state index contributed by atoms with van der Waals surface area (Å²) < 4.78 is 6.36. The molecule has 1 aromatic rings. The van der Waals surface area contributed by atoms with Gasteiger partial charge in [-0.25, -0.2) is 0 Å². The van der Waals surface area contributed by atoms with E-state index in [9.17, 15) is 0 Å². The number of hydrogen-bond acceptors (Lipinski definition) is 1. The monoisotopic (exact) mass is 306 g/mol. The lowest BCUT2D eigenvalue weighted by Crippen LogP contribution is -2.31. The van der Waals surface area contributed by atoms with E-state index in [1.807, 2.05) is 0 Å². The molecule has 0 saturated carbocycles. The lowest BCUT2D eigenvalue weighted by atomic mass is 9.76. The van der Waals surface area contributed by atoms with Crippen molar-refractivity contribution in [3.63, 3.8) is 0 Å². The SMILES string of the molecule is CCC(C)(C)c1ccc(O[Si](C)(C)C)c(C(C)(C)CC)c1. The molecular formula is C19H34OSi. The molecule has 0 aliphatic heterocycles. The summed E-state index contributed by atoms with van der Waals surface area (Å²) in [6.45, 7) is 20.6. The van der Waals surface area contributed by atoms with Crippen molar-refractivity contribution in [2.24, 2.45) is 0 Å². The highest BCUT2D eigenvalue weighted by Crippen LogP contribution is 2.39. The summed E-state index contributed by atoms with van der Waals surface area (Å²) >= 11 is 0. The third-order valence-corrected chi connectivity index (χ3v) is 5.51. The quantitative estimate of drug-likeness (QED) is 0.562. The Labute approximate surface area is 133 Å². The van der Waals surface area contributed by atoms with Crippen molar-refractivity contribution < 1.29 is 4.43 Å². The standard InChI is InChI=1S/C19H34OSi/c1-10-18(3,4)15-12-13-17(20-21(7,8)9)16(14-15)19(5,6)11-2/h12-14H,10-11H2,1-9H3. The van der Waals surface area contributed by atoms with Crippen LogP contribution in [0.15, 0.2) is 18.2 Å². The molecule has 1 rings (SSSR count). The first-order chi connectivity index (χ1) is 9.43. The van der Waals surface area contributed by atoms with Crippen LogP contribution in [0.4, 0.5) is 0 Å². The van der Waals surface area contributed by atoms with Crippen LogP contribution in [0.5, 0.6) is 5.75 Å². The second-order valence-electron chi connectivity index (χ2n) is 8.40. The summed E-state index contributed by atoms with van der Waals surface area (Å²) in [6, 6.07) is 6.86. The van der Waals surface area contributed by atoms with Crippen LogP contribution in [0.3, 0.4) is 0 Å². The van der Waals surface area contributed by atoms with Crippen molar-refractivity contribution in [2.45, 2.75) is 84.9 Å². The van der Waals surface area contributed by atoms with Gasteiger partial charge in [-0.15, -0.1) is 0 Å². The Morgan fingerprint density at radius 3 is 1.86 bits per heavy atom. The first-order valence-corrected chi connectivity index (χ1v) is 11.7. The lowest BCUT2D eigenvalue weighted by Gasteiger charge is -2.32. The van der Waals surface area contributed by atoms with E-state index >= 15 is 0 Å². The molecule has 0 fully saturated rings. The van der Waals surface area contributed by atoms with E-state index < -0.39 is 8.32 Å². The van der Waals surface area contributed by atoms with Gasteiger partial charge in [-0.1, -0.05) is 53.7 Å². The predicted octanol–water partition coefficient (Wildman–Crippen LogP) is 6.28. The molecule has 0 N–H and O–H groups in total. The smallest absolute Gasteiger partial charge is 0.242 e. The molecule has 0 bridgehead atoms. The molecule has 0 atom stereocenters. The topological polar surface area (TPSA) is 9.23 Å². The number of hydrogen-bond donors (Lipinski definition) is 0. The summed E-state index contributed by atoms with van der Waals surface area (Å²) in [5.74, 6) is 1.09. The molecule has 0 saturated heterocycles. The van der Waals surface area contributed by atoms with Gasteiger partial charge in [0.2, 0.25) is 8.32 Å². The molecule has 0 spiro atoms. The molecule has 0 aromatic heterocycles. The van der Waals surface area contributed by atoms with Crippen LogP contribution in [-0.2, 0) is 10.8 Å². The van der Waals surface area contributed by atoms with E-state index in [-0.39, 0.29) is 10.8 Å². The highest BCUT2D eigenvalue weighted by Gasteiger charge is 2.28. The van der Waals surface area contributed by atoms with Crippen LogP contribution in [0.25, 0.3) is 0 Å². The average Bonchev–Trinajstić information content (AvgIpc) is 2.37. The molecule has 0 radical (unpaired) electrons. The zero-order valence-corrected chi connectivity index (χ0v) is 16.6. The highest BCUT2D eigenvalue weighted by atomic mass is 28.4. The zero-order chi connectivity index (χ0) is 16.5. The fraction of sp³-hybridized carbons (Fsp3) is 0.684. The molecule has 1 aromatic carbocycles. The zero-order valence-electron chi connectivity index (χ0n) is 15.6. The van der Waals surface area contributed by atoms with Gasteiger partial charge in [-0.3, -0.25) is 0 Å². The molecule has 21 heavy (non-hydrogen) atoms. The minimum Gasteiger partial charge on any atom is -0.544 e. The Balaban J connectivity index is 3.41. The van der Waals surface area contributed by atoms with Gasteiger partial charge in [0.05, 0.1) is 0 Å². The van der Waals surface area contributed by atoms with Crippen LogP contribution >= 0.6 is 0 Å². The first-order valence-electron chi connectivity index (χ1n) is 8.27. The fourth-order valence-corrected chi connectivity index (χ4v) is 3.13. The Bertz CT molecular complexity index is 481. The third-order valence-electron chi connectivity index (χ3n) is 4.67. The van der Waals surface area contributed by atoms with Crippen molar-refractivity contribution in [3.8, 4) is 5.75 Å². The van der Waals surface area contributed by atoms with Crippen molar-refractivity contribution >= 4 is 8.32 Å². The van der Waals surface area contributed by atoms with Crippen molar-refractivity contribution in [1.82, 2.24) is 0 Å². The predicted molar refractivity (Wildman–Crippen MR) is 97.1 cm³/mol. The summed E-state index contributed by atoms with van der Waals surface area (Å²) in [5, 5.41) is 0. The fourth-order valence-electron chi connectivity index (χ4n) is 2.29. The van der Waals surface area contributed by atoms with Gasteiger partial charge in [0.15, 0.2) is 0 Å². The van der Waals surface area contributed by atoms with Gasteiger partial charge in [-0.2, -0.15) is 0 Å². The first kappa shape index (κ1) is 18.3. The lowest BCUT2D eigenvalue weighted by molar-refractivity contribution is 0.460. The van der Waals surface area contributed by atoms with Crippen LogP contribution < -0.4 is 4.43 Å². The number of benzene rings is 1. The van der Waals surface area contributed by atoms with Crippen molar-refractivity contribution in [1.29, 1.82) is 0 Å². The van der Waals surface area contributed by atoms with Crippen LogP contribution in [0, 0.1) is 0 Å². The maximum Gasteiger partial charge on any atom is 0.242 e. The minimum atomic E-state index is -1.59. The van der Waals surface area contributed by atoms with Crippen LogP contribution in [0.1, 0.15) is 65.5 Å². The Morgan fingerprint density at radius 2 is 1.43 bits per heavy atom. The minimum absolute atomic E-state index is 0.148. The molecular weight excluding hydrogens is 272 g/mol. The summed E-state index contributed by atoms with van der Waals surface area (Å²) in [4.78, 5) is 0. The van der Waals surface area contributed by atoms with Gasteiger partial charge in [-0.05, 0) is 60.5 Å². The van der Waals surface area contributed by atoms with Gasteiger partial charge in [0.1, 0.15) is 5.75 Å². The Kier molecular flexibility index (Phi) is 5.36. The Hall–Kier alpha value is -0.763. The van der Waals surface area contributed by atoms with Gasteiger partial charge in [0, 0.05) is 0 Å². The maximum absolute atomic E-state index is 6.36. The van der Waals surface area contributed by atoms with E-state index in [1.54, 1.807) is 0 Å². The summed E-state index contributed by atoms with van der Waals surface area (Å²) in [7, 11) is -1.59. The van der Waals surface area contributed by atoms with E-state index in [0.717, 1.165) is 18.6 Å². The molecule has 0 aliphatic carbocycles. The molecule has 1 nitrogen and oxygen atoms in total. The molecule has 0 unspecified atom stereocenters. The van der Waals surface area contributed by atoms with E-state index in [4.69, 9.17) is 4.43 Å². The average molecular weight is 307 g/mol. The summed E-state index contributed by atoms with van der Waals surface area (Å²) in [5.41, 5.74) is 3.15. The molecule has 120 valence electrons. The molecule has 2 heteroatoms. The second kappa shape index (κ2) is 6.16. The highest BCUT2D eigenvalue weighted by molar-refractivity contribution is 6.70. The van der Waals surface area contributed by atoms with Crippen molar-refractivity contribution in [3.05, 3.63) is 29.3 Å². The maximum atomic E-state index is 6.36. The van der Waals surface area contributed by atoms with Gasteiger partial charge >= 0.3 is 0 Å². The second-order valence-corrected chi connectivity index (χ2v) is 12.8. The summed E-state index contributed by atoms with van der Waals surface area (Å²) in [6.07, 6.45) is 2.26. The number of rotatable bonds is 6.